The van der Waals surface area contributed by atoms with E-state index in [9.17, 15) is 9.90 Å². The fraction of sp³-hybridized carbons (Fsp3) is 0.333. The fourth-order valence-electron chi connectivity index (χ4n) is 3.54. The molecule has 0 bridgehead atoms. The van der Waals surface area contributed by atoms with Crippen molar-refractivity contribution in [2.75, 3.05) is 5.73 Å². The van der Waals surface area contributed by atoms with Crippen LogP contribution in [0.1, 0.15) is 20.3 Å². The topological polar surface area (TPSA) is 117 Å². The van der Waals surface area contributed by atoms with Crippen LogP contribution in [0, 0.1) is 0 Å². The molecule has 0 aliphatic carbocycles. The van der Waals surface area contributed by atoms with Crippen molar-refractivity contribution in [1.29, 1.82) is 0 Å². The number of halogens is 1. The molecule has 0 unspecified atom stereocenters. The Kier molecular flexibility index (Phi) is 5.10. The lowest BCUT2D eigenvalue weighted by Gasteiger charge is -2.17. The summed E-state index contributed by atoms with van der Waals surface area (Å²) in [6, 6.07) is 5.43. The molecular formula is C21H24ClN7O2. The van der Waals surface area contributed by atoms with Crippen molar-refractivity contribution >= 4 is 28.3 Å². The zero-order valence-corrected chi connectivity index (χ0v) is 18.6. The molecule has 10 heteroatoms. The third kappa shape index (κ3) is 3.82. The standard InChI is InChI=1S/C21H24ClN7O2/c1-21(2,31)8-10-29-18-15(28(4)20(29)30)6-5-12(16(18)23)17-13(22)11-24-19(25-17)14-7-9-27(3)26-14/h5-7,9,11,31H,8,10,23H2,1-4H3. The molecule has 0 saturated carbocycles. The maximum atomic E-state index is 12.8. The van der Waals surface area contributed by atoms with Gasteiger partial charge in [-0.2, -0.15) is 5.10 Å². The molecule has 162 valence electrons. The molecule has 0 aliphatic rings. The van der Waals surface area contributed by atoms with Crippen molar-refractivity contribution in [3.63, 3.8) is 0 Å². The highest BCUT2D eigenvalue weighted by molar-refractivity contribution is 6.33. The third-order valence-corrected chi connectivity index (χ3v) is 5.51. The largest absolute Gasteiger partial charge is 0.396 e. The number of rotatable bonds is 5. The number of hydrogen-bond acceptors (Lipinski definition) is 6. The number of anilines is 1. The van der Waals surface area contributed by atoms with Gasteiger partial charge in [-0.15, -0.1) is 0 Å². The second kappa shape index (κ2) is 7.51. The molecule has 0 atom stereocenters. The Labute approximate surface area is 183 Å². The SMILES string of the molecule is Cn1ccc(-c2ncc(Cl)c(-c3ccc4c(c3N)n(CCC(C)(C)O)c(=O)n4C)n2)n1. The molecule has 9 nitrogen and oxygen atoms in total. The highest BCUT2D eigenvalue weighted by Crippen LogP contribution is 2.35. The van der Waals surface area contributed by atoms with Crippen LogP contribution < -0.4 is 11.4 Å². The molecule has 1 aromatic carbocycles. The summed E-state index contributed by atoms with van der Waals surface area (Å²) in [6.07, 6.45) is 3.72. The van der Waals surface area contributed by atoms with Crippen molar-refractivity contribution in [1.82, 2.24) is 28.9 Å². The quantitative estimate of drug-likeness (QED) is 0.460. The van der Waals surface area contributed by atoms with Crippen LogP contribution >= 0.6 is 11.6 Å². The number of benzene rings is 1. The number of aromatic nitrogens is 6. The number of aliphatic hydroxyl groups is 1. The average molecular weight is 442 g/mol. The van der Waals surface area contributed by atoms with Crippen LogP contribution in [0.5, 0.6) is 0 Å². The molecule has 0 spiro atoms. The van der Waals surface area contributed by atoms with Crippen LogP contribution in [-0.2, 0) is 20.6 Å². The molecule has 0 aliphatic heterocycles. The highest BCUT2D eigenvalue weighted by Gasteiger charge is 2.21. The molecule has 4 aromatic rings. The van der Waals surface area contributed by atoms with Gasteiger partial charge in [-0.05, 0) is 38.5 Å². The number of nitrogens with zero attached hydrogens (tertiary/aromatic N) is 6. The summed E-state index contributed by atoms with van der Waals surface area (Å²) in [5, 5.41) is 14.8. The van der Waals surface area contributed by atoms with E-state index >= 15 is 0 Å². The lowest BCUT2D eigenvalue weighted by atomic mass is 10.1. The Morgan fingerprint density at radius 2 is 1.97 bits per heavy atom. The maximum Gasteiger partial charge on any atom is 0.328 e. The van der Waals surface area contributed by atoms with E-state index in [0.717, 1.165) is 0 Å². The second-order valence-corrected chi connectivity index (χ2v) is 8.62. The first-order valence-electron chi connectivity index (χ1n) is 9.80. The lowest BCUT2D eigenvalue weighted by molar-refractivity contribution is 0.0662. The maximum absolute atomic E-state index is 12.8. The van der Waals surface area contributed by atoms with E-state index in [1.165, 1.54) is 6.20 Å². The molecular weight excluding hydrogens is 418 g/mol. The van der Waals surface area contributed by atoms with Gasteiger partial charge in [-0.1, -0.05) is 11.6 Å². The zero-order valence-electron chi connectivity index (χ0n) is 17.8. The van der Waals surface area contributed by atoms with E-state index in [1.807, 2.05) is 19.2 Å². The minimum Gasteiger partial charge on any atom is -0.396 e. The smallest absolute Gasteiger partial charge is 0.328 e. The monoisotopic (exact) mass is 441 g/mol. The first-order valence-corrected chi connectivity index (χ1v) is 10.2. The highest BCUT2D eigenvalue weighted by atomic mass is 35.5. The molecule has 3 aromatic heterocycles. The summed E-state index contributed by atoms with van der Waals surface area (Å²) < 4.78 is 4.79. The van der Waals surface area contributed by atoms with Gasteiger partial charge in [0.15, 0.2) is 5.82 Å². The summed E-state index contributed by atoms with van der Waals surface area (Å²) in [6.45, 7) is 3.74. The Morgan fingerprint density at radius 3 is 2.61 bits per heavy atom. The van der Waals surface area contributed by atoms with Crippen LogP contribution in [0.4, 0.5) is 5.69 Å². The number of fused-ring (bicyclic) bond motifs is 1. The first kappa shape index (κ1) is 21.1. The van der Waals surface area contributed by atoms with Gasteiger partial charge in [0, 0.05) is 32.4 Å². The molecule has 3 heterocycles. The normalized spacial score (nSPS) is 12.1. The summed E-state index contributed by atoms with van der Waals surface area (Å²) in [5.74, 6) is 0.423. The van der Waals surface area contributed by atoms with Gasteiger partial charge in [-0.25, -0.2) is 14.8 Å². The predicted octanol–water partition coefficient (Wildman–Crippen LogP) is 2.59. The van der Waals surface area contributed by atoms with Crippen molar-refractivity contribution in [3.05, 3.63) is 46.1 Å². The molecule has 3 N–H and O–H groups in total. The van der Waals surface area contributed by atoms with E-state index in [0.29, 0.717) is 57.5 Å². The van der Waals surface area contributed by atoms with Crippen molar-refractivity contribution < 1.29 is 5.11 Å². The van der Waals surface area contributed by atoms with Gasteiger partial charge in [0.05, 0.1) is 39.2 Å². The zero-order chi connectivity index (χ0) is 22.5. The summed E-state index contributed by atoms with van der Waals surface area (Å²) in [5.41, 5.74) is 8.78. The molecule has 31 heavy (non-hydrogen) atoms. The number of nitrogen functional groups attached to an aromatic ring is 1. The fourth-order valence-corrected chi connectivity index (χ4v) is 3.74. The van der Waals surface area contributed by atoms with Crippen LogP contribution in [0.2, 0.25) is 5.02 Å². The lowest BCUT2D eigenvalue weighted by Crippen LogP contribution is -2.27. The van der Waals surface area contributed by atoms with E-state index in [1.54, 1.807) is 47.0 Å². The molecule has 4 rings (SSSR count). The first-order chi connectivity index (χ1) is 14.6. The minimum absolute atomic E-state index is 0.203. The Balaban J connectivity index is 1.90. The summed E-state index contributed by atoms with van der Waals surface area (Å²) >= 11 is 6.43. The molecule has 0 fully saturated rings. The minimum atomic E-state index is -0.915. The van der Waals surface area contributed by atoms with Crippen LogP contribution in [0.3, 0.4) is 0 Å². The van der Waals surface area contributed by atoms with Gasteiger partial charge in [-0.3, -0.25) is 13.8 Å². The van der Waals surface area contributed by atoms with Crippen LogP contribution in [0.25, 0.3) is 33.8 Å². The van der Waals surface area contributed by atoms with Crippen LogP contribution in [0.15, 0.2) is 35.4 Å². The van der Waals surface area contributed by atoms with E-state index in [-0.39, 0.29) is 5.69 Å². The Bertz CT molecular complexity index is 1340. The van der Waals surface area contributed by atoms with E-state index < -0.39 is 5.60 Å². The average Bonchev–Trinajstić information content (AvgIpc) is 3.23. The summed E-state index contributed by atoms with van der Waals surface area (Å²) in [7, 11) is 3.51. The number of imidazole rings is 1. The molecule has 0 saturated heterocycles. The Morgan fingerprint density at radius 1 is 1.23 bits per heavy atom. The molecule has 0 radical (unpaired) electrons. The Hall–Kier alpha value is -3.17. The van der Waals surface area contributed by atoms with Gasteiger partial charge in [0.2, 0.25) is 0 Å². The van der Waals surface area contributed by atoms with Crippen molar-refractivity contribution in [2.45, 2.75) is 32.4 Å². The number of hydrogen-bond donors (Lipinski definition) is 2. The van der Waals surface area contributed by atoms with Crippen LogP contribution in [-0.4, -0.2) is 39.6 Å². The second-order valence-electron chi connectivity index (χ2n) is 8.21. The number of nitrogens with two attached hydrogens (primary N) is 1. The van der Waals surface area contributed by atoms with Crippen molar-refractivity contribution in [2.24, 2.45) is 14.1 Å². The van der Waals surface area contributed by atoms with E-state index in [4.69, 9.17) is 17.3 Å². The van der Waals surface area contributed by atoms with Gasteiger partial charge >= 0.3 is 5.69 Å². The molecule has 0 amide bonds. The number of aryl methyl sites for hydroxylation is 3. The predicted molar refractivity (Wildman–Crippen MR) is 121 cm³/mol. The van der Waals surface area contributed by atoms with Gasteiger partial charge in [0.1, 0.15) is 5.69 Å². The van der Waals surface area contributed by atoms with Gasteiger partial charge in [0.25, 0.3) is 0 Å². The van der Waals surface area contributed by atoms with Gasteiger partial charge < -0.3 is 10.8 Å². The van der Waals surface area contributed by atoms with Crippen molar-refractivity contribution in [3.8, 4) is 22.8 Å². The van der Waals surface area contributed by atoms with E-state index in [2.05, 4.69) is 15.1 Å². The summed E-state index contributed by atoms with van der Waals surface area (Å²) in [4.78, 5) is 21.7. The third-order valence-electron chi connectivity index (χ3n) is 5.23.